The quantitative estimate of drug-likeness (QED) is 0.585. The third-order valence-electron chi connectivity index (χ3n) is 3.19. The second kappa shape index (κ2) is 5.24. The zero-order chi connectivity index (χ0) is 15.7. The number of pyridine rings is 1. The minimum atomic E-state index is -0.520. The van der Waals surface area contributed by atoms with Crippen molar-refractivity contribution < 1.29 is 9.72 Å². The van der Waals surface area contributed by atoms with Gasteiger partial charge in [-0.15, -0.1) is 0 Å². The molecule has 0 aliphatic rings. The van der Waals surface area contributed by atoms with Crippen LogP contribution in [0.5, 0.6) is 0 Å². The predicted octanol–water partition coefficient (Wildman–Crippen LogP) is 1.69. The van der Waals surface area contributed by atoms with E-state index in [9.17, 15) is 14.9 Å². The smallest absolute Gasteiger partial charge is 0.287 e. The molecule has 0 unspecified atom stereocenters. The molecule has 8 heteroatoms. The minimum Gasteiger partial charge on any atom is -0.354 e. The Morgan fingerprint density at radius 3 is 2.68 bits per heavy atom. The topological polar surface area (TPSA) is 103 Å². The van der Waals surface area contributed by atoms with E-state index in [0.717, 1.165) is 6.20 Å². The first-order valence-corrected chi connectivity index (χ1v) is 6.42. The fraction of sp³-hybridized carbons (Fsp3) is 0.0714. The molecule has 0 saturated carbocycles. The summed E-state index contributed by atoms with van der Waals surface area (Å²) in [6.45, 7) is 0. The maximum atomic E-state index is 11.9. The highest BCUT2D eigenvalue weighted by atomic mass is 16.6. The van der Waals surface area contributed by atoms with Crippen molar-refractivity contribution in [2.24, 2.45) is 0 Å². The number of fused-ring (bicyclic) bond motifs is 1. The summed E-state index contributed by atoms with van der Waals surface area (Å²) in [5.41, 5.74) is 0.868. The maximum Gasteiger partial charge on any atom is 0.287 e. The van der Waals surface area contributed by atoms with E-state index in [-0.39, 0.29) is 17.3 Å². The number of rotatable bonds is 3. The standard InChI is InChI=1S/C14H11N5O3/c1-15-14(20)13-10-4-2-3-5-11(10)18(17-13)12-7-6-9(8-16-12)19(21)22/h2-8H,1H3,(H,15,20). The van der Waals surface area contributed by atoms with Crippen molar-refractivity contribution in [3.05, 3.63) is 58.4 Å². The second-order valence-corrected chi connectivity index (χ2v) is 4.49. The second-order valence-electron chi connectivity index (χ2n) is 4.49. The lowest BCUT2D eigenvalue weighted by atomic mass is 10.2. The van der Waals surface area contributed by atoms with Gasteiger partial charge in [0.05, 0.1) is 10.4 Å². The van der Waals surface area contributed by atoms with Crippen LogP contribution in [0.1, 0.15) is 10.5 Å². The van der Waals surface area contributed by atoms with Crippen molar-refractivity contribution in [2.75, 3.05) is 7.05 Å². The number of nitrogens with one attached hydrogen (secondary N) is 1. The van der Waals surface area contributed by atoms with Gasteiger partial charge in [-0.2, -0.15) is 5.10 Å². The summed E-state index contributed by atoms with van der Waals surface area (Å²) < 4.78 is 1.49. The van der Waals surface area contributed by atoms with Gasteiger partial charge in [0.25, 0.3) is 11.6 Å². The van der Waals surface area contributed by atoms with Crippen molar-refractivity contribution in [1.29, 1.82) is 0 Å². The van der Waals surface area contributed by atoms with Crippen molar-refractivity contribution in [3.63, 3.8) is 0 Å². The lowest BCUT2D eigenvalue weighted by Gasteiger charge is -2.01. The number of para-hydroxylation sites is 1. The molecular formula is C14H11N5O3. The van der Waals surface area contributed by atoms with E-state index in [4.69, 9.17) is 0 Å². The van der Waals surface area contributed by atoms with Crippen LogP contribution >= 0.6 is 0 Å². The molecule has 2 aromatic heterocycles. The summed E-state index contributed by atoms with van der Waals surface area (Å²) in [5.74, 6) is 0.0915. The molecule has 8 nitrogen and oxygen atoms in total. The van der Waals surface area contributed by atoms with Gasteiger partial charge in [0, 0.05) is 18.5 Å². The van der Waals surface area contributed by atoms with Crippen molar-refractivity contribution >= 4 is 22.5 Å². The Labute approximate surface area is 124 Å². The molecule has 0 radical (unpaired) electrons. The largest absolute Gasteiger partial charge is 0.354 e. The lowest BCUT2D eigenvalue weighted by Crippen LogP contribution is -2.19. The number of hydrogen-bond donors (Lipinski definition) is 1. The average Bonchev–Trinajstić information content (AvgIpc) is 2.94. The molecular weight excluding hydrogens is 286 g/mol. The van der Waals surface area contributed by atoms with Gasteiger partial charge in [-0.05, 0) is 12.1 Å². The maximum absolute atomic E-state index is 11.9. The first-order valence-electron chi connectivity index (χ1n) is 6.42. The monoisotopic (exact) mass is 297 g/mol. The summed E-state index contributed by atoms with van der Waals surface area (Å²) in [6, 6.07) is 10.1. The third kappa shape index (κ3) is 2.16. The highest BCUT2D eigenvalue weighted by Gasteiger charge is 2.17. The molecule has 1 aromatic carbocycles. The van der Waals surface area contributed by atoms with E-state index >= 15 is 0 Å². The lowest BCUT2D eigenvalue weighted by molar-refractivity contribution is -0.385. The molecule has 1 N–H and O–H groups in total. The molecule has 0 bridgehead atoms. The SMILES string of the molecule is CNC(=O)c1nn(-c2ccc([N+](=O)[O-])cn2)c2ccccc12. The number of amides is 1. The zero-order valence-corrected chi connectivity index (χ0v) is 11.6. The van der Waals surface area contributed by atoms with Gasteiger partial charge >= 0.3 is 0 Å². The Hall–Kier alpha value is -3.29. The number of nitro groups is 1. The molecule has 0 atom stereocenters. The van der Waals surface area contributed by atoms with Crippen LogP contribution in [0.15, 0.2) is 42.6 Å². The van der Waals surface area contributed by atoms with Gasteiger partial charge < -0.3 is 5.32 Å². The molecule has 0 aliphatic heterocycles. The Morgan fingerprint density at radius 2 is 2.05 bits per heavy atom. The molecule has 1 amide bonds. The Morgan fingerprint density at radius 1 is 1.27 bits per heavy atom. The molecule has 3 rings (SSSR count). The molecule has 3 aromatic rings. The number of hydrogen-bond acceptors (Lipinski definition) is 5. The number of aromatic nitrogens is 3. The summed E-state index contributed by atoms with van der Waals surface area (Å²) in [5, 5.41) is 18.2. The Bertz CT molecular complexity index is 870. The van der Waals surface area contributed by atoms with Crippen LogP contribution in [-0.2, 0) is 0 Å². The average molecular weight is 297 g/mol. The van der Waals surface area contributed by atoms with Crippen LogP contribution in [0.2, 0.25) is 0 Å². The van der Waals surface area contributed by atoms with E-state index < -0.39 is 4.92 Å². The van der Waals surface area contributed by atoms with Crippen molar-refractivity contribution in [3.8, 4) is 5.82 Å². The highest BCUT2D eigenvalue weighted by molar-refractivity contribution is 6.05. The van der Waals surface area contributed by atoms with Crippen LogP contribution in [0.4, 0.5) is 5.69 Å². The van der Waals surface area contributed by atoms with Crippen LogP contribution < -0.4 is 5.32 Å². The van der Waals surface area contributed by atoms with E-state index in [0.29, 0.717) is 16.7 Å². The van der Waals surface area contributed by atoms with Crippen LogP contribution in [0, 0.1) is 10.1 Å². The normalized spacial score (nSPS) is 10.6. The molecule has 0 fully saturated rings. The van der Waals surface area contributed by atoms with Crippen molar-refractivity contribution in [2.45, 2.75) is 0 Å². The van der Waals surface area contributed by atoms with Gasteiger partial charge in [0.1, 0.15) is 6.20 Å². The van der Waals surface area contributed by atoms with E-state index in [2.05, 4.69) is 15.4 Å². The van der Waals surface area contributed by atoms with Gasteiger partial charge in [-0.3, -0.25) is 14.9 Å². The third-order valence-corrected chi connectivity index (χ3v) is 3.19. The van der Waals surface area contributed by atoms with E-state index in [1.54, 1.807) is 12.1 Å². The van der Waals surface area contributed by atoms with Crippen LogP contribution in [-0.4, -0.2) is 32.6 Å². The summed E-state index contributed by atoms with van der Waals surface area (Å²) in [6.07, 6.45) is 1.16. The first kappa shape index (κ1) is 13.7. The van der Waals surface area contributed by atoms with Crippen molar-refractivity contribution in [1.82, 2.24) is 20.1 Å². The van der Waals surface area contributed by atoms with E-state index in [1.165, 1.54) is 23.9 Å². The number of carbonyl (C=O) groups excluding carboxylic acids is 1. The zero-order valence-electron chi connectivity index (χ0n) is 11.6. The van der Waals surface area contributed by atoms with Gasteiger partial charge in [0.2, 0.25) is 0 Å². The predicted molar refractivity (Wildman–Crippen MR) is 78.9 cm³/mol. The summed E-state index contributed by atoms with van der Waals surface area (Å²) in [7, 11) is 1.53. The fourth-order valence-corrected chi connectivity index (χ4v) is 2.14. The number of benzene rings is 1. The van der Waals surface area contributed by atoms with Gasteiger partial charge in [-0.25, -0.2) is 9.67 Å². The minimum absolute atomic E-state index is 0.105. The summed E-state index contributed by atoms with van der Waals surface area (Å²) >= 11 is 0. The fourth-order valence-electron chi connectivity index (χ4n) is 2.14. The Balaban J connectivity index is 2.18. The molecule has 0 saturated heterocycles. The van der Waals surface area contributed by atoms with Gasteiger partial charge in [0.15, 0.2) is 11.5 Å². The van der Waals surface area contributed by atoms with Crippen LogP contribution in [0.25, 0.3) is 16.7 Å². The molecule has 22 heavy (non-hydrogen) atoms. The van der Waals surface area contributed by atoms with Crippen LogP contribution in [0.3, 0.4) is 0 Å². The highest BCUT2D eigenvalue weighted by Crippen LogP contribution is 2.22. The molecule has 0 spiro atoms. The Kier molecular flexibility index (Phi) is 3.26. The van der Waals surface area contributed by atoms with E-state index in [1.807, 2.05) is 12.1 Å². The molecule has 0 aliphatic carbocycles. The van der Waals surface area contributed by atoms with Gasteiger partial charge in [-0.1, -0.05) is 18.2 Å². The number of nitrogens with zero attached hydrogens (tertiary/aromatic N) is 4. The number of carbonyl (C=O) groups is 1. The summed E-state index contributed by atoms with van der Waals surface area (Å²) in [4.78, 5) is 26.1. The molecule has 110 valence electrons. The first-order chi connectivity index (χ1) is 10.6. The molecule has 2 heterocycles.